The fraction of sp³-hybridized carbons (Fsp3) is 0.368. The van der Waals surface area contributed by atoms with Crippen LogP contribution < -0.4 is 0 Å². The molecule has 1 fully saturated rings. The van der Waals surface area contributed by atoms with Crippen LogP contribution in [0.1, 0.15) is 38.5 Å². The Morgan fingerprint density at radius 1 is 1.03 bits per heavy atom. The Labute approximate surface area is 167 Å². The van der Waals surface area contributed by atoms with Gasteiger partial charge < -0.3 is 14.8 Å². The number of H-pyrrole nitrogens is 1. The van der Waals surface area contributed by atoms with E-state index in [0.717, 1.165) is 17.7 Å². The van der Waals surface area contributed by atoms with Crippen LogP contribution in [0.15, 0.2) is 36.9 Å². The van der Waals surface area contributed by atoms with E-state index in [4.69, 9.17) is 0 Å². The highest BCUT2D eigenvalue weighted by molar-refractivity contribution is 5.95. The topological polar surface area (TPSA) is 113 Å². The van der Waals surface area contributed by atoms with E-state index < -0.39 is 0 Å². The Kier molecular flexibility index (Phi) is 5.32. The van der Waals surface area contributed by atoms with Crippen LogP contribution in [0.4, 0.5) is 0 Å². The van der Waals surface area contributed by atoms with Gasteiger partial charge in [-0.15, -0.1) is 5.10 Å². The zero-order valence-corrected chi connectivity index (χ0v) is 16.2. The number of nitrogens with zero attached hydrogens (tertiary/aromatic N) is 7. The predicted octanol–water partition coefficient (Wildman–Crippen LogP) is 0.741. The van der Waals surface area contributed by atoms with Crippen LogP contribution in [0.5, 0.6) is 0 Å². The molecule has 3 aromatic rings. The third kappa shape index (κ3) is 4.15. The summed E-state index contributed by atoms with van der Waals surface area (Å²) in [5.74, 6) is -0.116. The average Bonchev–Trinajstić information content (AvgIpc) is 3.33. The van der Waals surface area contributed by atoms with Gasteiger partial charge in [0.05, 0.1) is 12.9 Å². The number of hydrogen-bond donors (Lipinski definition) is 1. The number of aromatic amines is 1. The first-order chi connectivity index (χ1) is 14.1. The van der Waals surface area contributed by atoms with E-state index >= 15 is 0 Å². The van der Waals surface area contributed by atoms with Crippen molar-refractivity contribution in [1.29, 1.82) is 0 Å². The molecule has 0 radical (unpaired) electrons. The molecule has 0 bridgehead atoms. The Bertz CT molecular complexity index is 980. The lowest BCUT2D eigenvalue weighted by Crippen LogP contribution is -2.37. The molecular weight excluding hydrogens is 372 g/mol. The van der Waals surface area contributed by atoms with E-state index in [2.05, 4.69) is 25.5 Å². The van der Waals surface area contributed by atoms with Crippen molar-refractivity contribution in [3.05, 3.63) is 59.4 Å². The van der Waals surface area contributed by atoms with Crippen molar-refractivity contribution in [3.8, 4) is 0 Å². The molecule has 0 saturated carbocycles. The molecule has 10 heteroatoms. The normalized spacial score (nSPS) is 14.7. The number of aryl methyl sites for hydroxylation is 1. The third-order valence-corrected chi connectivity index (χ3v) is 5.04. The van der Waals surface area contributed by atoms with Crippen LogP contribution in [0.2, 0.25) is 0 Å². The number of imidazole rings is 1. The maximum absolute atomic E-state index is 12.9. The van der Waals surface area contributed by atoms with Gasteiger partial charge in [-0.05, 0) is 41.5 Å². The largest absolute Gasteiger partial charge is 0.348 e. The summed E-state index contributed by atoms with van der Waals surface area (Å²) in [5, 5.41) is 11.1. The van der Waals surface area contributed by atoms with Crippen molar-refractivity contribution in [3.63, 3.8) is 0 Å². The van der Waals surface area contributed by atoms with Crippen molar-refractivity contribution >= 4 is 11.8 Å². The number of nitrogens with one attached hydrogen (secondary N) is 1. The summed E-state index contributed by atoms with van der Waals surface area (Å²) in [7, 11) is 0. The van der Waals surface area contributed by atoms with Gasteiger partial charge in [0, 0.05) is 37.4 Å². The molecule has 1 aromatic carbocycles. The molecular formula is C19H22N8O2. The van der Waals surface area contributed by atoms with Crippen LogP contribution in [-0.4, -0.2) is 78.0 Å². The van der Waals surface area contributed by atoms with Crippen molar-refractivity contribution in [2.24, 2.45) is 0 Å². The Hall–Kier alpha value is -3.56. The summed E-state index contributed by atoms with van der Waals surface area (Å²) >= 11 is 0. The second-order valence-electron chi connectivity index (χ2n) is 7.02. The molecule has 1 aliphatic rings. The lowest BCUT2D eigenvalue weighted by molar-refractivity contribution is 0.0715. The maximum Gasteiger partial charge on any atom is 0.274 e. The number of aromatic nitrogens is 6. The zero-order chi connectivity index (χ0) is 20.2. The molecule has 0 unspecified atom stereocenters. The minimum Gasteiger partial charge on any atom is -0.348 e. The Morgan fingerprint density at radius 3 is 2.38 bits per heavy atom. The predicted molar refractivity (Wildman–Crippen MR) is 103 cm³/mol. The van der Waals surface area contributed by atoms with E-state index in [1.807, 2.05) is 31.2 Å². The van der Waals surface area contributed by atoms with Crippen LogP contribution in [0.3, 0.4) is 0 Å². The lowest BCUT2D eigenvalue weighted by Gasteiger charge is -2.22. The van der Waals surface area contributed by atoms with E-state index in [9.17, 15) is 9.59 Å². The van der Waals surface area contributed by atoms with Gasteiger partial charge in [-0.3, -0.25) is 9.59 Å². The molecule has 4 rings (SSSR count). The molecule has 29 heavy (non-hydrogen) atoms. The number of hydrogen-bond acceptors (Lipinski definition) is 6. The van der Waals surface area contributed by atoms with Crippen LogP contribution in [0.25, 0.3) is 0 Å². The number of benzene rings is 1. The first kappa shape index (κ1) is 18.8. The van der Waals surface area contributed by atoms with Crippen LogP contribution in [0, 0.1) is 6.92 Å². The van der Waals surface area contributed by atoms with E-state index in [-0.39, 0.29) is 11.8 Å². The molecule has 2 aromatic heterocycles. The smallest absolute Gasteiger partial charge is 0.274 e. The van der Waals surface area contributed by atoms with Crippen molar-refractivity contribution in [2.45, 2.75) is 19.9 Å². The lowest BCUT2D eigenvalue weighted by atomic mass is 10.1. The molecule has 1 saturated heterocycles. The van der Waals surface area contributed by atoms with Crippen molar-refractivity contribution in [1.82, 2.24) is 40.0 Å². The van der Waals surface area contributed by atoms with Crippen LogP contribution >= 0.6 is 0 Å². The zero-order valence-electron chi connectivity index (χ0n) is 16.2. The van der Waals surface area contributed by atoms with Crippen LogP contribution in [-0.2, 0) is 6.54 Å². The number of carbonyl (C=O) groups is 2. The van der Waals surface area contributed by atoms with Gasteiger partial charge >= 0.3 is 0 Å². The summed E-state index contributed by atoms with van der Waals surface area (Å²) in [5.41, 5.74) is 2.85. The van der Waals surface area contributed by atoms with Crippen molar-refractivity contribution < 1.29 is 9.59 Å². The van der Waals surface area contributed by atoms with E-state index in [1.165, 1.54) is 6.33 Å². The molecule has 3 heterocycles. The monoisotopic (exact) mass is 394 g/mol. The van der Waals surface area contributed by atoms with Gasteiger partial charge in [-0.2, -0.15) is 0 Å². The van der Waals surface area contributed by atoms with E-state index in [0.29, 0.717) is 44.0 Å². The fourth-order valence-electron chi connectivity index (χ4n) is 3.42. The molecule has 2 amide bonds. The SMILES string of the molecule is Cc1[nH]cnc1C(=O)N1CCCN(C(=O)c2ccc(Cn3cnnn3)cc2)CC1. The summed E-state index contributed by atoms with van der Waals surface area (Å²) in [6, 6.07) is 7.46. The second-order valence-corrected chi connectivity index (χ2v) is 7.02. The number of amides is 2. The first-order valence-corrected chi connectivity index (χ1v) is 9.50. The summed E-state index contributed by atoms with van der Waals surface area (Å²) < 4.78 is 1.62. The fourth-order valence-corrected chi connectivity index (χ4v) is 3.42. The van der Waals surface area contributed by atoms with Crippen molar-refractivity contribution in [2.75, 3.05) is 26.2 Å². The van der Waals surface area contributed by atoms with Gasteiger partial charge in [-0.1, -0.05) is 12.1 Å². The van der Waals surface area contributed by atoms with Gasteiger partial charge in [0.25, 0.3) is 11.8 Å². The van der Waals surface area contributed by atoms with Gasteiger partial charge in [0.2, 0.25) is 0 Å². The van der Waals surface area contributed by atoms with Gasteiger partial charge in [-0.25, -0.2) is 9.67 Å². The first-order valence-electron chi connectivity index (χ1n) is 9.50. The Morgan fingerprint density at radius 2 is 1.76 bits per heavy atom. The Balaban J connectivity index is 1.38. The minimum absolute atomic E-state index is 0.0239. The van der Waals surface area contributed by atoms with Gasteiger partial charge in [0.1, 0.15) is 12.0 Å². The molecule has 1 N–H and O–H groups in total. The summed E-state index contributed by atoms with van der Waals surface area (Å²) in [4.78, 5) is 36.2. The van der Waals surface area contributed by atoms with E-state index in [1.54, 1.807) is 20.8 Å². The highest BCUT2D eigenvalue weighted by Gasteiger charge is 2.25. The summed E-state index contributed by atoms with van der Waals surface area (Å²) in [6.45, 7) is 4.61. The molecule has 0 atom stereocenters. The summed E-state index contributed by atoms with van der Waals surface area (Å²) in [6.07, 6.45) is 3.81. The minimum atomic E-state index is -0.0926. The third-order valence-electron chi connectivity index (χ3n) is 5.04. The van der Waals surface area contributed by atoms with Gasteiger partial charge in [0.15, 0.2) is 0 Å². The highest BCUT2D eigenvalue weighted by Crippen LogP contribution is 2.13. The molecule has 150 valence electrons. The standard InChI is InChI=1S/C19H22N8O2/c1-14-17(21-12-20-14)19(29)26-8-2-7-25(9-10-26)18(28)16-5-3-15(4-6-16)11-27-13-22-23-24-27/h3-6,12-13H,2,7-11H2,1H3,(H,20,21). The molecule has 1 aliphatic heterocycles. The molecule has 0 spiro atoms. The number of rotatable bonds is 4. The maximum atomic E-state index is 12.9. The average molecular weight is 394 g/mol. The molecule has 0 aliphatic carbocycles. The number of carbonyl (C=O) groups excluding carboxylic acids is 2. The second kappa shape index (κ2) is 8.21. The number of tetrazole rings is 1. The highest BCUT2D eigenvalue weighted by atomic mass is 16.2. The molecule has 10 nitrogen and oxygen atoms in total. The quantitative estimate of drug-likeness (QED) is 0.698.